The van der Waals surface area contributed by atoms with Gasteiger partial charge in [0.05, 0.1) is 0 Å². The van der Waals surface area contributed by atoms with Gasteiger partial charge in [-0.15, -0.1) is 0 Å². The van der Waals surface area contributed by atoms with Gasteiger partial charge in [-0.2, -0.15) is 0 Å². The molecule has 0 bridgehead atoms. The van der Waals surface area contributed by atoms with Gasteiger partial charge in [0.15, 0.2) is 6.10 Å². The van der Waals surface area contributed by atoms with Gasteiger partial charge in [0, 0.05) is 37.6 Å². The van der Waals surface area contributed by atoms with Gasteiger partial charge < -0.3 is 14.5 Å². The summed E-state index contributed by atoms with van der Waals surface area (Å²) in [6.45, 7) is 2.98. The van der Waals surface area contributed by atoms with Gasteiger partial charge in [0.1, 0.15) is 5.75 Å². The van der Waals surface area contributed by atoms with Crippen molar-refractivity contribution < 1.29 is 14.3 Å². The third-order valence-electron chi connectivity index (χ3n) is 4.07. The lowest BCUT2D eigenvalue weighted by Gasteiger charge is -2.33. The standard InChI is InChI=1S/C17H23BrN2O3/c1-12(23-15-6-4-14(18)5-7-15)16(21)20-10-8-13(9-11-20)17(22)19(2)3/h4-7,12-13H,8-11H2,1-3H3. The number of benzene rings is 1. The molecule has 126 valence electrons. The summed E-state index contributed by atoms with van der Waals surface area (Å²) in [5.74, 6) is 0.823. The highest BCUT2D eigenvalue weighted by Gasteiger charge is 2.30. The van der Waals surface area contributed by atoms with Crippen molar-refractivity contribution in [1.29, 1.82) is 0 Å². The first-order valence-corrected chi connectivity index (χ1v) is 8.60. The van der Waals surface area contributed by atoms with Gasteiger partial charge in [-0.3, -0.25) is 9.59 Å². The number of hydrogen-bond acceptors (Lipinski definition) is 3. The molecule has 1 aromatic carbocycles. The summed E-state index contributed by atoms with van der Waals surface area (Å²) in [5.41, 5.74) is 0. The van der Waals surface area contributed by atoms with E-state index in [2.05, 4.69) is 15.9 Å². The molecular weight excluding hydrogens is 360 g/mol. The minimum absolute atomic E-state index is 0.0244. The first kappa shape index (κ1) is 17.8. The van der Waals surface area contributed by atoms with Crippen LogP contribution in [-0.2, 0) is 9.59 Å². The van der Waals surface area contributed by atoms with E-state index in [1.165, 1.54) is 0 Å². The van der Waals surface area contributed by atoms with Crippen LogP contribution in [0.5, 0.6) is 5.75 Å². The van der Waals surface area contributed by atoms with Crippen molar-refractivity contribution in [3.8, 4) is 5.75 Å². The van der Waals surface area contributed by atoms with Gasteiger partial charge in [-0.25, -0.2) is 0 Å². The number of ether oxygens (including phenoxy) is 1. The number of piperidine rings is 1. The minimum Gasteiger partial charge on any atom is -0.481 e. The topological polar surface area (TPSA) is 49.9 Å². The van der Waals surface area contributed by atoms with Crippen LogP contribution < -0.4 is 4.74 Å². The first-order valence-electron chi connectivity index (χ1n) is 7.80. The molecule has 1 fully saturated rings. The lowest BCUT2D eigenvalue weighted by molar-refractivity contribution is -0.142. The highest BCUT2D eigenvalue weighted by atomic mass is 79.9. The van der Waals surface area contributed by atoms with E-state index in [9.17, 15) is 9.59 Å². The number of rotatable bonds is 4. The zero-order valence-electron chi connectivity index (χ0n) is 13.8. The molecule has 1 aliphatic rings. The molecule has 0 N–H and O–H groups in total. The number of carbonyl (C=O) groups excluding carboxylic acids is 2. The normalized spacial score (nSPS) is 16.8. The van der Waals surface area contributed by atoms with Gasteiger partial charge in [0.25, 0.3) is 5.91 Å². The maximum atomic E-state index is 12.5. The highest BCUT2D eigenvalue weighted by Crippen LogP contribution is 2.21. The number of amides is 2. The predicted octanol–water partition coefficient (Wildman–Crippen LogP) is 2.54. The summed E-state index contributed by atoms with van der Waals surface area (Å²) in [6.07, 6.45) is 0.902. The number of halogens is 1. The second-order valence-electron chi connectivity index (χ2n) is 6.05. The molecule has 5 nitrogen and oxygen atoms in total. The molecule has 1 heterocycles. The van der Waals surface area contributed by atoms with Crippen molar-refractivity contribution >= 4 is 27.7 Å². The summed E-state index contributed by atoms with van der Waals surface area (Å²) in [7, 11) is 3.54. The van der Waals surface area contributed by atoms with Crippen LogP contribution in [0.4, 0.5) is 0 Å². The lowest BCUT2D eigenvalue weighted by Crippen LogP contribution is -2.47. The zero-order valence-corrected chi connectivity index (χ0v) is 15.4. The van der Waals surface area contributed by atoms with Crippen molar-refractivity contribution in [2.24, 2.45) is 5.92 Å². The smallest absolute Gasteiger partial charge is 0.263 e. The monoisotopic (exact) mass is 382 g/mol. The third-order valence-corrected chi connectivity index (χ3v) is 4.60. The average molecular weight is 383 g/mol. The van der Waals surface area contributed by atoms with Crippen LogP contribution in [0.3, 0.4) is 0 Å². The van der Waals surface area contributed by atoms with E-state index < -0.39 is 6.10 Å². The zero-order chi connectivity index (χ0) is 17.0. The molecule has 0 aromatic heterocycles. The summed E-state index contributed by atoms with van der Waals surface area (Å²) >= 11 is 3.37. The van der Waals surface area contributed by atoms with E-state index in [0.29, 0.717) is 31.7 Å². The molecule has 1 atom stereocenters. The van der Waals surface area contributed by atoms with Crippen molar-refractivity contribution in [2.45, 2.75) is 25.9 Å². The maximum Gasteiger partial charge on any atom is 0.263 e. The van der Waals surface area contributed by atoms with Gasteiger partial charge in [-0.05, 0) is 44.0 Å². The van der Waals surface area contributed by atoms with E-state index >= 15 is 0 Å². The van der Waals surface area contributed by atoms with Crippen molar-refractivity contribution in [1.82, 2.24) is 9.80 Å². The SMILES string of the molecule is CC(Oc1ccc(Br)cc1)C(=O)N1CCC(C(=O)N(C)C)CC1. The van der Waals surface area contributed by atoms with Crippen LogP contribution in [0.25, 0.3) is 0 Å². The van der Waals surface area contributed by atoms with Crippen molar-refractivity contribution in [3.63, 3.8) is 0 Å². The summed E-state index contributed by atoms with van der Waals surface area (Å²) in [4.78, 5) is 27.9. The average Bonchev–Trinajstić information content (AvgIpc) is 2.55. The molecule has 0 saturated carbocycles. The fraction of sp³-hybridized carbons (Fsp3) is 0.529. The number of hydrogen-bond donors (Lipinski definition) is 0. The molecule has 1 aliphatic heterocycles. The van der Waals surface area contributed by atoms with Gasteiger partial charge >= 0.3 is 0 Å². The summed E-state index contributed by atoms with van der Waals surface area (Å²) in [6, 6.07) is 7.42. The molecule has 1 saturated heterocycles. The molecule has 0 aliphatic carbocycles. The molecule has 1 aromatic rings. The molecule has 6 heteroatoms. The van der Waals surface area contributed by atoms with Crippen LogP contribution in [0, 0.1) is 5.92 Å². The second kappa shape index (κ2) is 7.81. The Morgan fingerprint density at radius 1 is 1.22 bits per heavy atom. The van der Waals surface area contributed by atoms with Crippen LogP contribution >= 0.6 is 15.9 Å². The van der Waals surface area contributed by atoms with Crippen molar-refractivity contribution in [2.75, 3.05) is 27.2 Å². The van der Waals surface area contributed by atoms with Gasteiger partial charge in [0.2, 0.25) is 5.91 Å². The Morgan fingerprint density at radius 2 is 1.78 bits per heavy atom. The van der Waals surface area contributed by atoms with E-state index in [1.54, 1.807) is 30.8 Å². The highest BCUT2D eigenvalue weighted by molar-refractivity contribution is 9.10. The Hall–Kier alpha value is -1.56. The number of nitrogens with zero attached hydrogens (tertiary/aromatic N) is 2. The Balaban J connectivity index is 1.86. The van der Waals surface area contributed by atoms with Crippen molar-refractivity contribution in [3.05, 3.63) is 28.7 Å². The molecule has 23 heavy (non-hydrogen) atoms. The minimum atomic E-state index is -0.530. The fourth-order valence-corrected chi connectivity index (χ4v) is 3.00. The number of carbonyl (C=O) groups is 2. The van der Waals surface area contributed by atoms with Gasteiger partial charge in [-0.1, -0.05) is 15.9 Å². The Bertz CT molecular complexity index is 551. The van der Waals surface area contributed by atoms with E-state index in [4.69, 9.17) is 4.74 Å². The lowest BCUT2D eigenvalue weighted by atomic mass is 9.95. The number of likely N-dealkylation sites (tertiary alicyclic amines) is 1. The molecular formula is C17H23BrN2O3. The summed E-state index contributed by atoms with van der Waals surface area (Å²) in [5, 5.41) is 0. The molecule has 2 amide bonds. The van der Waals surface area contributed by atoms with Crippen LogP contribution in [0.1, 0.15) is 19.8 Å². The molecule has 1 unspecified atom stereocenters. The Labute approximate surface area is 145 Å². The quantitative estimate of drug-likeness (QED) is 0.803. The second-order valence-corrected chi connectivity index (χ2v) is 6.96. The molecule has 0 radical (unpaired) electrons. The van der Waals surface area contributed by atoms with Crippen LogP contribution in [0.15, 0.2) is 28.7 Å². The fourth-order valence-electron chi connectivity index (χ4n) is 2.74. The first-order chi connectivity index (χ1) is 10.9. The van der Waals surface area contributed by atoms with Crippen LogP contribution in [-0.4, -0.2) is 54.9 Å². The summed E-state index contributed by atoms with van der Waals surface area (Å²) < 4.78 is 6.68. The Morgan fingerprint density at radius 3 is 2.30 bits per heavy atom. The predicted molar refractivity (Wildman–Crippen MR) is 92.2 cm³/mol. The Kier molecular flexibility index (Phi) is 6.04. The third kappa shape index (κ3) is 4.70. The molecule has 0 spiro atoms. The van der Waals surface area contributed by atoms with E-state index in [0.717, 1.165) is 4.47 Å². The molecule has 2 rings (SSSR count). The van der Waals surface area contributed by atoms with Crippen LogP contribution in [0.2, 0.25) is 0 Å². The van der Waals surface area contributed by atoms with E-state index in [-0.39, 0.29) is 17.7 Å². The van der Waals surface area contributed by atoms with E-state index in [1.807, 2.05) is 24.3 Å². The largest absolute Gasteiger partial charge is 0.481 e. The maximum absolute atomic E-state index is 12.5.